The van der Waals surface area contributed by atoms with Crippen molar-refractivity contribution in [3.05, 3.63) is 29.8 Å². The Hall–Kier alpha value is -0.910. The highest BCUT2D eigenvalue weighted by atomic mass is 32.2. The molecule has 5 heteroatoms. The van der Waals surface area contributed by atoms with Gasteiger partial charge in [-0.15, -0.1) is 0 Å². The second kappa shape index (κ2) is 7.92. The number of hydrogen-bond acceptors (Lipinski definition) is 3. The third kappa shape index (κ3) is 5.09. The summed E-state index contributed by atoms with van der Waals surface area (Å²) >= 11 is 0. The molecule has 0 spiro atoms. The Morgan fingerprint density at radius 3 is 2.29 bits per heavy atom. The molecule has 2 atom stereocenters. The van der Waals surface area contributed by atoms with Crippen molar-refractivity contribution in [2.75, 3.05) is 6.54 Å². The fourth-order valence-electron chi connectivity index (χ4n) is 2.29. The van der Waals surface area contributed by atoms with Crippen molar-refractivity contribution in [3.8, 4) is 0 Å². The Morgan fingerprint density at radius 1 is 1.10 bits per heavy atom. The molecule has 0 heterocycles. The van der Waals surface area contributed by atoms with Gasteiger partial charge in [-0.2, -0.15) is 0 Å². The minimum Gasteiger partial charge on any atom is -0.314 e. The van der Waals surface area contributed by atoms with E-state index in [-0.39, 0.29) is 18.0 Å². The van der Waals surface area contributed by atoms with Crippen molar-refractivity contribution in [2.45, 2.75) is 63.9 Å². The van der Waals surface area contributed by atoms with E-state index in [0.29, 0.717) is 4.90 Å². The van der Waals surface area contributed by atoms with Crippen LogP contribution in [0.15, 0.2) is 29.2 Å². The van der Waals surface area contributed by atoms with Crippen LogP contribution in [0, 0.1) is 0 Å². The van der Waals surface area contributed by atoms with Crippen LogP contribution in [-0.2, 0) is 10.0 Å². The quantitative estimate of drug-likeness (QED) is 0.776. The van der Waals surface area contributed by atoms with Gasteiger partial charge in [0.1, 0.15) is 0 Å². The molecule has 1 rings (SSSR count). The Morgan fingerprint density at radius 2 is 1.71 bits per heavy atom. The number of benzene rings is 1. The lowest BCUT2D eigenvalue weighted by Gasteiger charge is -2.24. The average molecular weight is 312 g/mol. The lowest BCUT2D eigenvalue weighted by molar-refractivity contribution is 0.475. The van der Waals surface area contributed by atoms with Crippen LogP contribution < -0.4 is 10.0 Å². The minimum atomic E-state index is -3.47. The monoisotopic (exact) mass is 312 g/mol. The van der Waals surface area contributed by atoms with Crippen LogP contribution in [0.25, 0.3) is 0 Å². The van der Waals surface area contributed by atoms with Crippen molar-refractivity contribution in [2.24, 2.45) is 0 Å². The summed E-state index contributed by atoms with van der Waals surface area (Å²) in [6.07, 6.45) is 1.06. The normalized spacial score (nSPS) is 15.1. The topological polar surface area (TPSA) is 58.2 Å². The van der Waals surface area contributed by atoms with Gasteiger partial charge in [-0.25, -0.2) is 13.1 Å². The Kier molecular flexibility index (Phi) is 6.84. The van der Waals surface area contributed by atoms with Crippen LogP contribution in [0.1, 0.15) is 52.5 Å². The standard InChI is InChI=1S/C16H28N2O2S/c1-6-11-17-14(5)13(4)15-9-7-8-10-16(15)21(19,20)18-12(2)3/h7-10,12-14,17-18H,6,11H2,1-5H3. The maximum absolute atomic E-state index is 12.5. The summed E-state index contributed by atoms with van der Waals surface area (Å²) in [5.41, 5.74) is 0.863. The highest BCUT2D eigenvalue weighted by molar-refractivity contribution is 7.89. The van der Waals surface area contributed by atoms with E-state index in [1.807, 2.05) is 26.0 Å². The first-order valence-corrected chi connectivity index (χ1v) is 9.12. The molecule has 0 amide bonds. The summed E-state index contributed by atoms with van der Waals surface area (Å²) in [5.74, 6) is 0.122. The van der Waals surface area contributed by atoms with E-state index in [1.54, 1.807) is 12.1 Å². The SMILES string of the molecule is CCCNC(C)C(C)c1ccccc1S(=O)(=O)NC(C)C. The first-order chi connectivity index (χ1) is 9.79. The number of nitrogens with one attached hydrogen (secondary N) is 2. The summed E-state index contributed by atoms with van der Waals surface area (Å²) in [6.45, 7) is 10.9. The van der Waals surface area contributed by atoms with Crippen molar-refractivity contribution in [1.29, 1.82) is 0 Å². The van der Waals surface area contributed by atoms with Gasteiger partial charge in [0.05, 0.1) is 4.90 Å². The summed E-state index contributed by atoms with van der Waals surface area (Å²) < 4.78 is 27.6. The number of sulfonamides is 1. The third-order valence-corrected chi connectivity index (χ3v) is 5.29. The lowest BCUT2D eigenvalue weighted by atomic mass is 9.94. The smallest absolute Gasteiger partial charge is 0.241 e. The zero-order valence-electron chi connectivity index (χ0n) is 13.7. The van der Waals surface area contributed by atoms with Crippen molar-refractivity contribution < 1.29 is 8.42 Å². The average Bonchev–Trinajstić information content (AvgIpc) is 2.42. The van der Waals surface area contributed by atoms with Gasteiger partial charge in [0.2, 0.25) is 10.0 Å². The van der Waals surface area contributed by atoms with Gasteiger partial charge in [-0.05, 0) is 51.3 Å². The predicted octanol–water partition coefficient (Wildman–Crippen LogP) is 2.86. The molecular weight excluding hydrogens is 284 g/mol. The second-order valence-corrected chi connectivity index (χ2v) is 7.53. The Labute approximate surface area is 129 Å². The van der Waals surface area contributed by atoms with Gasteiger partial charge in [0.15, 0.2) is 0 Å². The van der Waals surface area contributed by atoms with Gasteiger partial charge in [-0.1, -0.05) is 32.0 Å². The highest BCUT2D eigenvalue weighted by Crippen LogP contribution is 2.26. The molecule has 0 aromatic heterocycles. The molecule has 0 saturated carbocycles. The van der Waals surface area contributed by atoms with E-state index in [0.717, 1.165) is 18.5 Å². The van der Waals surface area contributed by atoms with E-state index < -0.39 is 10.0 Å². The minimum absolute atomic E-state index is 0.117. The first kappa shape index (κ1) is 18.1. The third-order valence-electron chi connectivity index (χ3n) is 3.56. The van der Waals surface area contributed by atoms with Crippen molar-refractivity contribution in [1.82, 2.24) is 10.0 Å². The summed E-state index contributed by atoms with van der Waals surface area (Å²) in [4.78, 5) is 0.386. The molecule has 1 aromatic carbocycles. The van der Waals surface area contributed by atoms with E-state index in [9.17, 15) is 8.42 Å². The fourth-order valence-corrected chi connectivity index (χ4v) is 3.86. The van der Waals surface area contributed by atoms with Crippen LogP contribution in [0.5, 0.6) is 0 Å². The maximum Gasteiger partial charge on any atom is 0.241 e. The second-order valence-electron chi connectivity index (χ2n) is 5.85. The molecule has 0 aliphatic heterocycles. The van der Waals surface area contributed by atoms with Crippen LogP contribution in [-0.4, -0.2) is 27.0 Å². The van der Waals surface area contributed by atoms with Crippen LogP contribution in [0.4, 0.5) is 0 Å². The summed E-state index contributed by atoms with van der Waals surface area (Å²) in [5, 5.41) is 3.43. The zero-order valence-corrected chi connectivity index (χ0v) is 14.5. The van der Waals surface area contributed by atoms with E-state index in [4.69, 9.17) is 0 Å². The molecule has 0 aliphatic rings. The van der Waals surface area contributed by atoms with Crippen LogP contribution in [0.3, 0.4) is 0 Å². The Balaban J connectivity index is 3.09. The largest absolute Gasteiger partial charge is 0.314 e. The van der Waals surface area contributed by atoms with Gasteiger partial charge >= 0.3 is 0 Å². The lowest BCUT2D eigenvalue weighted by Crippen LogP contribution is -2.34. The molecule has 0 saturated heterocycles. The van der Waals surface area contributed by atoms with E-state index in [2.05, 4.69) is 30.8 Å². The molecule has 2 N–H and O–H groups in total. The molecule has 120 valence electrons. The molecular formula is C16H28N2O2S. The summed E-state index contributed by atoms with van der Waals surface area (Å²) in [7, 11) is -3.47. The zero-order chi connectivity index (χ0) is 16.0. The fraction of sp³-hybridized carbons (Fsp3) is 0.625. The number of hydrogen-bond donors (Lipinski definition) is 2. The van der Waals surface area contributed by atoms with Crippen LogP contribution in [0.2, 0.25) is 0 Å². The van der Waals surface area contributed by atoms with Crippen LogP contribution >= 0.6 is 0 Å². The van der Waals surface area contributed by atoms with Gasteiger partial charge in [-0.3, -0.25) is 0 Å². The molecule has 2 unspecified atom stereocenters. The van der Waals surface area contributed by atoms with Crippen molar-refractivity contribution in [3.63, 3.8) is 0 Å². The van der Waals surface area contributed by atoms with Gasteiger partial charge in [0.25, 0.3) is 0 Å². The molecule has 0 fully saturated rings. The molecule has 0 bridgehead atoms. The van der Waals surface area contributed by atoms with Gasteiger partial charge < -0.3 is 5.32 Å². The Bertz CT molecular complexity index is 541. The van der Waals surface area contributed by atoms with E-state index >= 15 is 0 Å². The van der Waals surface area contributed by atoms with Crippen molar-refractivity contribution >= 4 is 10.0 Å². The molecule has 0 aliphatic carbocycles. The molecule has 1 aromatic rings. The first-order valence-electron chi connectivity index (χ1n) is 7.64. The van der Waals surface area contributed by atoms with E-state index in [1.165, 1.54) is 0 Å². The van der Waals surface area contributed by atoms with Gasteiger partial charge in [0, 0.05) is 12.1 Å². The molecule has 21 heavy (non-hydrogen) atoms. The highest BCUT2D eigenvalue weighted by Gasteiger charge is 2.24. The molecule has 0 radical (unpaired) electrons. The predicted molar refractivity (Wildman–Crippen MR) is 88.1 cm³/mol. The summed E-state index contributed by atoms with van der Waals surface area (Å²) in [6, 6.07) is 7.36. The number of rotatable bonds is 8. The maximum atomic E-state index is 12.5. The molecule has 4 nitrogen and oxygen atoms in total.